The number of carbonyl (C=O) groups is 1. The second kappa shape index (κ2) is 4.22. The predicted molar refractivity (Wildman–Crippen MR) is 67.1 cm³/mol. The number of nitrogens with zero attached hydrogens (tertiary/aromatic N) is 1. The largest absolute Gasteiger partial charge is 0.490 e. The molecule has 0 radical (unpaired) electrons. The van der Waals surface area contributed by atoms with Crippen LogP contribution >= 0.6 is 0 Å². The van der Waals surface area contributed by atoms with Gasteiger partial charge in [-0.25, -0.2) is 0 Å². The number of para-hydroxylation sites is 2. The van der Waals surface area contributed by atoms with E-state index in [1.165, 1.54) is 0 Å². The normalized spacial score (nSPS) is 13.9. The van der Waals surface area contributed by atoms with Crippen molar-refractivity contribution < 1.29 is 13.9 Å². The Morgan fingerprint density at radius 1 is 1.22 bits per heavy atom. The molecule has 0 saturated heterocycles. The van der Waals surface area contributed by atoms with Crippen LogP contribution in [0.25, 0.3) is 0 Å². The molecule has 4 nitrogen and oxygen atoms in total. The molecule has 1 amide bonds. The van der Waals surface area contributed by atoms with Crippen LogP contribution < -0.4 is 9.64 Å². The fourth-order valence-corrected chi connectivity index (χ4v) is 2.06. The average molecular weight is 243 g/mol. The number of aryl methyl sites for hydroxylation is 1. The van der Waals surface area contributed by atoms with Crippen molar-refractivity contribution in [3.05, 3.63) is 47.9 Å². The Morgan fingerprint density at radius 3 is 2.83 bits per heavy atom. The van der Waals surface area contributed by atoms with E-state index >= 15 is 0 Å². The number of furan rings is 1. The van der Waals surface area contributed by atoms with E-state index in [1.807, 2.05) is 31.2 Å². The Morgan fingerprint density at radius 2 is 2.06 bits per heavy atom. The van der Waals surface area contributed by atoms with E-state index in [0.717, 1.165) is 17.2 Å². The van der Waals surface area contributed by atoms with Gasteiger partial charge in [-0.3, -0.25) is 9.69 Å². The third-order valence-corrected chi connectivity index (χ3v) is 2.92. The first-order chi connectivity index (χ1) is 8.75. The summed E-state index contributed by atoms with van der Waals surface area (Å²) in [5.41, 5.74) is 0.794. The molecule has 0 N–H and O–H groups in total. The molecule has 4 heteroatoms. The van der Waals surface area contributed by atoms with Crippen LogP contribution in [0.2, 0.25) is 0 Å². The fraction of sp³-hybridized carbons (Fsp3) is 0.214. The second-order valence-electron chi connectivity index (χ2n) is 4.18. The van der Waals surface area contributed by atoms with Gasteiger partial charge in [0, 0.05) is 0 Å². The van der Waals surface area contributed by atoms with Crippen LogP contribution in [0.15, 0.2) is 40.8 Å². The van der Waals surface area contributed by atoms with Crippen molar-refractivity contribution in [2.75, 3.05) is 18.1 Å². The third-order valence-electron chi connectivity index (χ3n) is 2.92. The maximum absolute atomic E-state index is 12.4. The number of benzene rings is 1. The summed E-state index contributed by atoms with van der Waals surface area (Å²) in [6.45, 7) is 2.86. The summed E-state index contributed by atoms with van der Waals surface area (Å²) in [7, 11) is 0. The first-order valence-electron chi connectivity index (χ1n) is 5.86. The van der Waals surface area contributed by atoms with E-state index in [9.17, 15) is 4.79 Å². The molecule has 0 aliphatic carbocycles. The lowest BCUT2D eigenvalue weighted by Gasteiger charge is -2.28. The minimum Gasteiger partial charge on any atom is -0.490 e. The molecule has 0 atom stereocenters. The van der Waals surface area contributed by atoms with Gasteiger partial charge in [-0.15, -0.1) is 0 Å². The number of fused-ring (bicyclic) bond motifs is 1. The summed E-state index contributed by atoms with van der Waals surface area (Å²) in [6.07, 6.45) is 0. The molecule has 2 heterocycles. The smallest absolute Gasteiger partial charge is 0.294 e. The molecule has 3 rings (SSSR count). The molecule has 0 fully saturated rings. The Labute approximate surface area is 105 Å². The van der Waals surface area contributed by atoms with Gasteiger partial charge in [0.25, 0.3) is 5.91 Å². The van der Waals surface area contributed by atoms with Gasteiger partial charge < -0.3 is 9.15 Å². The van der Waals surface area contributed by atoms with Gasteiger partial charge in [0.2, 0.25) is 0 Å². The second-order valence-corrected chi connectivity index (χ2v) is 4.18. The van der Waals surface area contributed by atoms with Crippen molar-refractivity contribution in [1.82, 2.24) is 0 Å². The summed E-state index contributed by atoms with van der Waals surface area (Å²) in [5, 5.41) is 0. The number of rotatable bonds is 1. The summed E-state index contributed by atoms with van der Waals surface area (Å²) in [4.78, 5) is 14.0. The van der Waals surface area contributed by atoms with E-state index in [-0.39, 0.29) is 5.91 Å². The number of amides is 1. The first-order valence-corrected chi connectivity index (χ1v) is 5.86. The topological polar surface area (TPSA) is 42.7 Å². The molecule has 0 bridgehead atoms. The zero-order chi connectivity index (χ0) is 12.5. The van der Waals surface area contributed by atoms with Gasteiger partial charge in [-0.1, -0.05) is 12.1 Å². The Kier molecular flexibility index (Phi) is 2.55. The van der Waals surface area contributed by atoms with Crippen LogP contribution in [-0.2, 0) is 0 Å². The fourth-order valence-electron chi connectivity index (χ4n) is 2.06. The molecule has 1 aromatic heterocycles. The summed E-state index contributed by atoms with van der Waals surface area (Å²) < 4.78 is 10.9. The number of ether oxygens (including phenoxy) is 1. The Hall–Kier alpha value is -2.23. The van der Waals surface area contributed by atoms with Gasteiger partial charge in [0.1, 0.15) is 18.1 Å². The average Bonchev–Trinajstić information content (AvgIpc) is 2.84. The molecule has 92 valence electrons. The van der Waals surface area contributed by atoms with E-state index in [1.54, 1.807) is 17.0 Å². The molecule has 0 saturated carbocycles. The maximum Gasteiger partial charge on any atom is 0.294 e. The summed E-state index contributed by atoms with van der Waals surface area (Å²) in [5.74, 6) is 1.71. The van der Waals surface area contributed by atoms with Crippen molar-refractivity contribution in [2.24, 2.45) is 0 Å². The van der Waals surface area contributed by atoms with Gasteiger partial charge in [0.05, 0.1) is 12.2 Å². The maximum atomic E-state index is 12.4. The highest BCUT2D eigenvalue weighted by Crippen LogP contribution is 2.32. The quantitative estimate of drug-likeness (QED) is 0.773. The minimum atomic E-state index is -0.126. The highest BCUT2D eigenvalue weighted by Gasteiger charge is 2.26. The molecule has 1 aromatic carbocycles. The van der Waals surface area contributed by atoms with Crippen LogP contribution in [0.4, 0.5) is 5.69 Å². The van der Waals surface area contributed by atoms with Gasteiger partial charge in [-0.05, 0) is 31.2 Å². The minimum absolute atomic E-state index is 0.126. The van der Waals surface area contributed by atoms with E-state index in [4.69, 9.17) is 9.15 Å². The van der Waals surface area contributed by atoms with Crippen LogP contribution in [0.1, 0.15) is 16.3 Å². The van der Waals surface area contributed by atoms with Crippen molar-refractivity contribution in [3.8, 4) is 5.75 Å². The van der Waals surface area contributed by atoms with Crippen LogP contribution in [0, 0.1) is 6.92 Å². The summed E-state index contributed by atoms with van der Waals surface area (Å²) in [6, 6.07) is 11.0. The van der Waals surface area contributed by atoms with Crippen LogP contribution in [0.3, 0.4) is 0 Å². The zero-order valence-electron chi connectivity index (χ0n) is 10.1. The molecule has 2 aromatic rings. The highest BCUT2D eigenvalue weighted by molar-refractivity contribution is 6.05. The molecular weight excluding hydrogens is 230 g/mol. The van der Waals surface area contributed by atoms with Crippen LogP contribution in [-0.4, -0.2) is 19.1 Å². The predicted octanol–water partition coefficient (Wildman–Crippen LogP) is 2.63. The lowest BCUT2D eigenvalue weighted by atomic mass is 10.2. The standard InChI is InChI=1S/C14H13NO3/c1-10-6-7-13(18-10)14(16)15-8-9-17-12-5-3-2-4-11(12)15/h2-7H,8-9H2,1H3. The molecule has 1 aliphatic heterocycles. The van der Waals surface area contributed by atoms with E-state index in [0.29, 0.717) is 18.9 Å². The van der Waals surface area contributed by atoms with Crippen LogP contribution in [0.5, 0.6) is 5.75 Å². The van der Waals surface area contributed by atoms with Crippen molar-refractivity contribution in [1.29, 1.82) is 0 Å². The number of hydrogen-bond donors (Lipinski definition) is 0. The van der Waals surface area contributed by atoms with Crippen molar-refractivity contribution in [3.63, 3.8) is 0 Å². The highest BCUT2D eigenvalue weighted by atomic mass is 16.5. The van der Waals surface area contributed by atoms with Crippen molar-refractivity contribution in [2.45, 2.75) is 6.92 Å². The van der Waals surface area contributed by atoms with E-state index < -0.39 is 0 Å². The zero-order valence-corrected chi connectivity index (χ0v) is 10.1. The van der Waals surface area contributed by atoms with Gasteiger partial charge in [0.15, 0.2) is 5.76 Å². The Bertz CT molecular complexity index is 588. The molecule has 0 unspecified atom stereocenters. The number of anilines is 1. The van der Waals surface area contributed by atoms with Crippen molar-refractivity contribution >= 4 is 11.6 Å². The van der Waals surface area contributed by atoms with E-state index in [2.05, 4.69) is 0 Å². The lowest BCUT2D eigenvalue weighted by Crippen LogP contribution is -2.37. The number of hydrogen-bond acceptors (Lipinski definition) is 3. The molecule has 1 aliphatic rings. The monoisotopic (exact) mass is 243 g/mol. The van der Waals surface area contributed by atoms with Gasteiger partial charge >= 0.3 is 0 Å². The summed E-state index contributed by atoms with van der Waals surface area (Å²) >= 11 is 0. The Balaban J connectivity index is 1.96. The molecular formula is C14H13NO3. The molecule has 0 spiro atoms. The number of carbonyl (C=O) groups excluding carboxylic acids is 1. The first kappa shape index (κ1) is 10.9. The van der Waals surface area contributed by atoms with Gasteiger partial charge in [-0.2, -0.15) is 0 Å². The molecule has 18 heavy (non-hydrogen) atoms. The SMILES string of the molecule is Cc1ccc(C(=O)N2CCOc3ccccc32)o1. The third kappa shape index (κ3) is 1.76. The lowest BCUT2D eigenvalue weighted by molar-refractivity contribution is 0.0948.